The third-order valence-corrected chi connectivity index (χ3v) is 8.77. The van der Waals surface area contributed by atoms with E-state index >= 15 is 0 Å². The molecule has 0 aliphatic carbocycles. The Balaban J connectivity index is 1.75. The van der Waals surface area contributed by atoms with Crippen LogP contribution in [-0.4, -0.2) is 39.6 Å². The van der Waals surface area contributed by atoms with Crippen molar-refractivity contribution < 1.29 is 44.0 Å². The van der Waals surface area contributed by atoms with Crippen molar-refractivity contribution in [1.82, 2.24) is 9.88 Å². The predicted molar refractivity (Wildman–Crippen MR) is 120 cm³/mol. The summed E-state index contributed by atoms with van der Waals surface area (Å²) in [5.41, 5.74) is 0.693. The molecule has 0 saturated carbocycles. The van der Waals surface area contributed by atoms with Crippen molar-refractivity contribution in [3.63, 3.8) is 0 Å². The van der Waals surface area contributed by atoms with Crippen LogP contribution in [0.1, 0.15) is 51.2 Å². The third-order valence-electron chi connectivity index (χ3n) is 5.59. The number of likely N-dealkylation sites (tertiary alicyclic amines) is 1. The van der Waals surface area contributed by atoms with Crippen molar-refractivity contribution in [2.24, 2.45) is 0 Å². The Kier molecular flexibility index (Phi) is 6.85. The van der Waals surface area contributed by atoms with Crippen molar-refractivity contribution in [3.8, 4) is 0 Å². The summed E-state index contributed by atoms with van der Waals surface area (Å²) in [5, 5.41) is 0.532. The Morgan fingerprint density at radius 1 is 1.06 bits per heavy atom. The Hall–Kier alpha value is -1.63. The van der Waals surface area contributed by atoms with Crippen molar-refractivity contribution in [2.75, 3.05) is 18.0 Å². The molecule has 1 saturated heterocycles. The van der Waals surface area contributed by atoms with Crippen molar-refractivity contribution in [3.05, 3.63) is 65.9 Å². The van der Waals surface area contributed by atoms with Gasteiger partial charge in [0.05, 0.1) is 0 Å². The summed E-state index contributed by atoms with van der Waals surface area (Å²) >= 11 is 1.60. The first-order valence-electron chi connectivity index (χ1n) is 10.1. The fourth-order valence-corrected chi connectivity index (χ4v) is 6.97. The average Bonchev–Trinajstić information content (AvgIpc) is 3.21. The molecule has 1 fully saturated rings. The summed E-state index contributed by atoms with van der Waals surface area (Å²) in [5.74, 6) is -0.375. The van der Waals surface area contributed by atoms with Crippen LogP contribution >= 0.6 is 22.6 Å². The van der Waals surface area contributed by atoms with Gasteiger partial charge < -0.3 is 0 Å². The minimum atomic E-state index is -4.46. The van der Waals surface area contributed by atoms with Crippen LogP contribution in [0.2, 0.25) is 0 Å². The number of ketones is 1. The summed E-state index contributed by atoms with van der Waals surface area (Å²) in [6.07, 6.45) is -1.40. The van der Waals surface area contributed by atoms with Gasteiger partial charge in [0.1, 0.15) is 0 Å². The number of rotatable bonds is 4. The first kappa shape index (κ1) is 23.5. The fourth-order valence-electron chi connectivity index (χ4n) is 3.91. The molecular formula is C23H20F3I2N2O2-. The molecule has 0 unspecified atom stereocenters. The van der Waals surface area contributed by atoms with Crippen LogP contribution in [-0.2, 0) is 6.18 Å². The fraction of sp³-hybridized carbons (Fsp3) is 0.304. The standard InChI is InChI=1S/C23H20F3I2N2O2/c1-28-16-8-7-15(22(32)30-9-3-2-4-10-30)20(27)19(16)21(31)18-11-13-5-6-14(23(24,25)26)12-17(13)29-18/h5-8,11-12,29H,2-4,9-10H2,1H3/q-1. The zero-order chi connectivity index (χ0) is 23.0. The number of aromatic nitrogens is 1. The molecule has 1 aliphatic heterocycles. The van der Waals surface area contributed by atoms with E-state index in [4.69, 9.17) is 0 Å². The number of carbonyl (C=O) groups excluding carboxylic acids is 2. The van der Waals surface area contributed by atoms with Crippen LogP contribution in [0.5, 0.6) is 0 Å². The van der Waals surface area contributed by atoms with Gasteiger partial charge in [0, 0.05) is 0 Å². The Labute approximate surface area is 207 Å². The number of aromatic amines is 1. The SMILES string of the molecule is C[I-]c1ccc(C(=O)N2CCCCC2)c(I)c1C(=O)c1cc2ccc(C(F)(F)F)cc2[nH]1. The predicted octanol–water partition coefficient (Wildman–Crippen LogP) is 2.54. The van der Waals surface area contributed by atoms with Crippen molar-refractivity contribution in [2.45, 2.75) is 25.4 Å². The minimum absolute atomic E-state index is 0.0736. The van der Waals surface area contributed by atoms with Gasteiger partial charge in [-0.1, -0.05) is 0 Å². The molecule has 1 amide bonds. The van der Waals surface area contributed by atoms with E-state index in [0.717, 1.165) is 35.0 Å². The average molecular weight is 667 g/mol. The zero-order valence-electron chi connectivity index (χ0n) is 17.2. The number of hydrogen-bond donors (Lipinski definition) is 1. The normalized spacial score (nSPS) is 14.8. The summed E-state index contributed by atoms with van der Waals surface area (Å²) in [6, 6.07) is 8.61. The van der Waals surface area contributed by atoms with E-state index in [-0.39, 0.29) is 22.9 Å². The molecule has 1 aliphatic rings. The number of benzene rings is 2. The van der Waals surface area contributed by atoms with Gasteiger partial charge in [-0.25, -0.2) is 0 Å². The van der Waals surface area contributed by atoms with E-state index in [0.29, 0.717) is 33.2 Å². The Morgan fingerprint density at radius 3 is 2.44 bits per heavy atom. The second kappa shape index (κ2) is 9.32. The van der Waals surface area contributed by atoms with Gasteiger partial charge in [0.2, 0.25) is 0 Å². The second-order valence-corrected chi connectivity index (χ2v) is 11.0. The molecule has 0 bridgehead atoms. The number of amides is 1. The first-order chi connectivity index (χ1) is 15.2. The van der Waals surface area contributed by atoms with Crippen LogP contribution in [0.3, 0.4) is 0 Å². The molecule has 9 heteroatoms. The van der Waals surface area contributed by atoms with Gasteiger partial charge in [-0.05, 0) is 0 Å². The van der Waals surface area contributed by atoms with Crippen LogP contribution in [0, 0.1) is 7.14 Å². The zero-order valence-corrected chi connectivity index (χ0v) is 21.5. The van der Waals surface area contributed by atoms with E-state index in [2.05, 4.69) is 27.6 Å². The number of nitrogens with one attached hydrogen (secondary N) is 1. The van der Waals surface area contributed by atoms with Crippen molar-refractivity contribution in [1.29, 1.82) is 0 Å². The number of alkyl halides is 4. The molecule has 32 heavy (non-hydrogen) atoms. The summed E-state index contributed by atoms with van der Waals surface area (Å²) in [4.78, 5) is 33.3. The van der Waals surface area contributed by atoms with Crippen LogP contribution in [0.15, 0.2) is 36.4 Å². The van der Waals surface area contributed by atoms with Gasteiger partial charge in [0.15, 0.2) is 0 Å². The number of halogens is 5. The van der Waals surface area contributed by atoms with Gasteiger partial charge in [-0.15, -0.1) is 0 Å². The molecule has 4 nitrogen and oxygen atoms in total. The number of carbonyl (C=O) groups is 2. The molecule has 170 valence electrons. The molecule has 2 heterocycles. The van der Waals surface area contributed by atoms with Gasteiger partial charge in [-0.3, -0.25) is 0 Å². The number of fused-ring (bicyclic) bond motifs is 1. The molecule has 1 aromatic heterocycles. The summed E-state index contributed by atoms with van der Waals surface area (Å²) in [7, 11) is 0. The van der Waals surface area contributed by atoms with E-state index in [1.807, 2.05) is 15.9 Å². The topological polar surface area (TPSA) is 53.2 Å². The van der Waals surface area contributed by atoms with Crippen LogP contribution in [0.25, 0.3) is 10.9 Å². The van der Waals surface area contributed by atoms with Gasteiger partial charge in [0.25, 0.3) is 0 Å². The van der Waals surface area contributed by atoms with E-state index in [9.17, 15) is 22.8 Å². The summed E-state index contributed by atoms with van der Waals surface area (Å²) < 4.78 is 40.7. The number of nitrogens with zero attached hydrogens (tertiary/aromatic N) is 1. The van der Waals surface area contributed by atoms with E-state index < -0.39 is 32.9 Å². The monoisotopic (exact) mass is 667 g/mol. The first-order valence-corrected chi connectivity index (χ1v) is 14.4. The molecule has 0 spiro atoms. The van der Waals surface area contributed by atoms with Crippen molar-refractivity contribution >= 4 is 45.2 Å². The maximum absolute atomic E-state index is 13.5. The second-order valence-electron chi connectivity index (χ2n) is 7.64. The van der Waals surface area contributed by atoms with E-state index in [1.54, 1.807) is 12.1 Å². The number of piperidine rings is 1. The molecule has 2 aromatic carbocycles. The van der Waals surface area contributed by atoms with Gasteiger partial charge in [-0.2, -0.15) is 0 Å². The number of hydrogen-bond acceptors (Lipinski definition) is 2. The summed E-state index contributed by atoms with van der Waals surface area (Å²) in [6.45, 7) is 1.43. The molecule has 0 atom stereocenters. The quantitative estimate of drug-likeness (QED) is 0.265. The van der Waals surface area contributed by atoms with Crippen LogP contribution < -0.4 is 21.2 Å². The molecule has 3 aromatic rings. The molecule has 1 N–H and O–H groups in total. The Bertz CT molecular complexity index is 1200. The third kappa shape index (κ3) is 4.55. The molecular weight excluding hydrogens is 647 g/mol. The number of H-pyrrole nitrogens is 1. The van der Waals surface area contributed by atoms with Gasteiger partial charge >= 0.3 is 208 Å². The molecule has 0 radical (unpaired) electrons. The molecule has 4 rings (SSSR count). The Morgan fingerprint density at radius 2 is 1.78 bits per heavy atom. The van der Waals surface area contributed by atoms with E-state index in [1.165, 1.54) is 6.07 Å². The maximum atomic E-state index is 13.5. The van der Waals surface area contributed by atoms with Crippen LogP contribution in [0.4, 0.5) is 13.2 Å².